The van der Waals surface area contributed by atoms with E-state index in [0.717, 1.165) is 39.7 Å². The maximum atomic E-state index is 12.5. The number of Topliss-reactive ketones (excluding diaryl/α,β-unsaturated/α-hetero) is 1. The number of aromatic hydroxyl groups is 1. The Labute approximate surface area is 187 Å². The van der Waals surface area contributed by atoms with Gasteiger partial charge in [0.25, 0.3) is 0 Å². The first-order valence-electron chi connectivity index (χ1n) is 10.0. The van der Waals surface area contributed by atoms with E-state index in [1.165, 1.54) is 0 Å². The van der Waals surface area contributed by atoms with Crippen LogP contribution in [0.4, 0.5) is 0 Å². The van der Waals surface area contributed by atoms with Crippen LogP contribution in [0, 0.1) is 12.3 Å². The molecule has 0 aliphatic heterocycles. The van der Waals surface area contributed by atoms with Gasteiger partial charge in [-0.25, -0.2) is 4.79 Å². The molecule has 2 aromatic carbocycles. The minimum absolute atomic E-state index is 0.0244. The Hall–Kier alpha value is -1.92. The zero-order valence-corrected chi connectivity index (χ0v) is 19.7. The van der Waals surface area contributed by atoms with Gasteiger partial charge in [-0.3, -0.25) is 4.79 Å². The molecular weight excluding hydrogens is 416 g/mol. The van der Waals surface area contributed by atoms with Gasteiger partial charge in [0.1, 0.15) is 5.75 Å². The van der Waals surface area contributed by atoms with E-state index in [0.29, 0.717) is 17.5 Å². The maximum Gasteiger partial charge on any atom is 0.335 e. The average Bonchev–Trinajstić information content (AvgIpc) is 2.66. The van der Waals surface area contributed by atoms with Crippen molar-refractivity contribution in [3.05, 3.63) is 53.1 Å². The van der Waals surface area contributed by atoms with Gasteiger partial charge in [-0.15, -0.1) is 23.5 Å². The molecule has 0 fully saturated rings. The molecule has 0 aliphatic rings. The number of benzene rings is 2. The van der Waals surface area contributed by atoms with Crippen molar-refractivity contribution in [2.24, 2.45) is 5.41 Å². The van der Waals surface area contributed by atoms with E-state index in [1.807, 2.05) is 39.8 Å². The zero-order chi connectivity index (χ0) is 22.3. The van der Waals surface area contributed by atoms with E-state index in [2.05, 4.69) is 0 Å². The second-order valence-electron chi connectivity index (χ2n) is 8.48. The Morgan fingerprint density at radius 3 is 2.30 bits per heavy atom. The number of carboxylic acids is 1. The Kier molecular flexibility index (Phi) is 8.86. The highest BCUT2D eigenvalue weighted by molar-refractivity contribution is 7.99. The number of hydrogen-bond acceptors (Lipinski definition) is 5. The monoisotopic (exact) mass is 446 g/mol. The number of rotatable bonds is 10. The van der Waals surface area contributed by atoms with E-state index in [1.54, 1.807) is 47.8 Å². The Morgan fingerprint density at radius 1 is 1.00 bits per heavy atom. The highest BCUT2D eigenvalue weighted by atomic mass is 32.2. The lowest BCUT2D eigenvalue weighted by Crippen LogP contribution is -2.13. The molecule has 0 atom stereocenters. The molecule has 2 N–H and O–H groups in total. The van der Waals surface area contributed by atoms with E-state index in [-0.39, 0.29) is 16.9 Å². The third-order valence-electron chi connectivity index (χ3n) is 4.52. The van der Waals surface area contributed by atoms with Gasteiger partial charge >= 0.3 is 5.97 Å². The van der Waals surface area contributed by atoms with E-state index in [4.69, 9.17) is 5.11 Å². The lowest BCUT2D eigenvalue weighted by atomic mass is 9.87. The highest BCUT2D eigenvalue weighted by Crippen LogP contribution is 2.34. The van der Waals surface area contributed by atoms with Gasteiger partial charge in [0.15, 0.2) is 5.78 Å². The fourth-order valence-corrected chi connectivity index (χ4v) is 4.95. The standard InChI is InChI=1S/C24H30O4S2/c1-16-21(11-10-19(22(16)26)20(25)15-24(2,3)4)30-13-6-5-12-29-18-9-7-8-17(14-18)23(27)28/h7-11,14,26H,5-6,12-13,15H2,1-4H3,(H,27,28). The molecule has 0 heterocycles. The van der Waals surface area contributed by atoms with Gasteiger partial charge in [0, 0.05) is 21.8 Å². The van der Waals surface area contributed by atoms with Crippen LogP contribution in [0.3, 0.4) is 0 Å². The normalized spacial score (nSPS) is 11.5. The molecule has 0 aliphatic carbocycles. The summed E-state index contributed by atoms with van der Waals surface area (Å²) in [5.41, 5.74) is 1.37. The number of carboxylic acid groups (broad SMARTS) is 1. The molecule has 0 unspecified atom stereocenters. The minimum atomic E-state index is -0.904. The molecule has 2 aromatic rings. The quantitative estimate of drug-likeness (QED) is 0.241. The molecule has 0 radical (unpaired) electrons. The van der Waals surface area contributed by atoms with Gasteiger partial charge in [-0.1, -0.05) is 26.8 Å². The molecule has 0 spiro atoms. The first kappa shape index (κ1) is 24.4. The summed E-state index contributed by atoms with van der Waals surface area (Å²) in [6, 6.07) is 10.7. The topological polar surface area (TPSA) is 74.6 Å². The van der Waals surface area contributed by atoms with Gasteiger partial charge in [0.05, 0.1) is 11.1 Å². The second kappa shape index (κ2) is 10.9. The lowest BCUT2D eigenvalue weighted by molar-refractivity contribution is 0.0696. The fraction of sp³-hybridized carbons (Fsp3) is 0.417. The van der Waals surface area contributed by atoms with E-state index in [9.17, 15) is 14.7 Å². The summed E-state index contributed by atoms with van der Waals surface area (Å²) in [5, 5.41) is 19.5. The molecular formula is C24H30O4S2. The van der Waals surface area contributed by atoms with Crippen LogP contribution in [-0.2, 0) is 0 Å². The number of thioether (sulfide) groups is 2. The van der Waals surface area contributed by atoms with Crippen molar-refractivity contribution in [1.82, 2.24) is 0 Å². The second-order valence-corrected chi connectivity index (χ2v) is 10.8. The van der Waals surface area contributed by atoms with E-state index < -0.39 is 5.97 Å². The number of ketones is 1. The molecule has 30 heavy (non-hydrogen) atoms. The number of phenolic OH excluding ortho intramolecular Hbond substituents is 1. The maximum absolute atomic E-state index is 12.5. The predicted molar refractivity (Wildman–Crippen MR) is 125 cm³/mol. The molecule has 4 nitrogen and oxygen atoms in total. The van der Waals surface area contributed by atoms with Crippen LogP contribution in [0.15, 0.2) is 46.2 Å². The number of carbonyl (C=O) groups excluding carboxylic acids is 1. The largest absolute Gasteiger partial charge is 0.507 e. The van der Waals surface area contributed by atoms with Crippen molar-refractivity contribution in [1.29, 1.82) is 0 Å². The van der Waals surface area contributed by atoms with Crippen LogP contribution in [-0.4, -0.2) is 33.5 Å². The summed E-state index contributed by atoms with van der Waals surface area (Å²) in [6.45, 7) is 7.90. The van der Waals surface area contributed by atoms with Crippen molar-refractivity contribution in [2.75, 3.05) is 11.5 Å². The first-order valence-corrected chi connectivity index (χ1v) is 12.0. The summed E-state index contributed by atoms with van der Waals surface area (Å²) in [7, 11) is 0. The Bertz CT molecular complexity index is 901. The molecule has 162 valence electrons. The molecule has 2 rings (SSSR count). The predicted octanol–water partition coefficient (Wildman–Crippen LogP) is 6.68. The molecule has 6 heteroatoms. The average molecular weight is 447 g/mol. The smallest absolute Gasteiger partial charge is 0.335 e. The summed E-state index contributed by atoms with van der Waals surface area (Å²) in [6.07, 6.45) is 2.43. The summed E-state index contributed by atoms with van der Waals surface area (Å²) in [5.74, 6) is 1.02. The van der Waals surface area contributed by atoms with Crippen molar-refractivity contribution < 1.29 is 19.8 Å². The van der Waals surface area contributed by atoms with Crippen molar-refractivity contribution >= 4 is 35.3 Å². The van der Waals surface area contributed by atoms with Crippen molar-refractivity contribution in [2.45, 2.75) is 56.7 Å². The van der Waals surface area contributed by atoms with E-state index >= 15 is 0 Å². The fourth-order valence-electron chi connectivity index (χ4n) is 2.94. The van der Waals surface area contributed by atoms with Gasteiger partial charge in [0.2, 0.25) is 0 Å². The molecule has 0 aromatic heterocycles. The number of unbranched alkanes of at least 4 members (excludes halogenated alkanes) is 1. The van der Waals surface area contributed by atoms with Crippen LogP contribution in [0.2, 0.25) is 0 Å². The van der Waals surface area contributed by atoms with Crippen molar-refractivity contribution in [3.63, 3.8) is 0 Å². The third kappa shape index (κ3) is 7.40. The van der Waals surface area contributed by atoms with Crippen LogP contribution in [0.1, 0.15) is 66.3 Å². The van der Waals surface area contributed by atoms with Crippen LogP contribution in [0.5, 0.6) is 5.75 Å². The highest BCUT2D eigenvalue weighted by Gasteiger charge is 2.21. The van der Waals surface area contributed by atoms with Gasteiger partial charge in [-0.2, -0.15) is 0 Å². The van der Waals surface area contributed by atoms with Crippen LogP contribution in [0.25, 0.3) is 0 Å². The van der Waals surface area contributed by atoms with Gasteiger partial charge < -0.3 is 10.2 Å². The molecule has 0 bridgehead atoms. The number of hydrogen-bond donors (Lipinski definition) is 2. The summed E-state index contributed by atoms with van der Waals surface area (Å²) >= 11 is 3.35. The first-order chi connectivity index (χ1) is 14.1. The van der Waals surface area contributed by atoms with Gasteiger partial charge in [-0.05, 0) is 67.0 Å². The SMILES string of the molecule is Cc1c(SCCCCSc2cccc(C(=O)O)c2)ccc(C(=O)CC(C)(C)C)c1O. The number of aromatic carboxylic acids is 1. The van der Waals surface area contributed by atoms with Crippen LogP contribution >= 0.6 is 23.5 Å². The number of carbonyl (C=O) groups is 2. The number of phenols is 1. The molecule has 0 amide bonds. The Balaban J connectivity index is 1.81. The summed E-state index contributed by atoms with van der Waals surface area (Å²) in [4.78, 5) is 25.4. The van der Waals surface area contributed by atoms with Crippen molar-refractivity contribution in [3.8, 4) is 5.75 Å². The zero-order valence-electron chi connectivity index (χ0n) is 18.0. The molecule has 0 saturated heterocycles. The lowest BCUT2D eigenvalue weighted by Gasteiger charge is -2.18. The Morgan fingerprint density at radius 2 is 1.67 bits per heavy atom. The van der Waals surface area contributed by atoms with Crippen LogP contribution < -0.4 is 0 Å². The molecule has 0 saturated carbocycles. The third-order valence-corrected chi connectivity index (χ3v) is 6.84. The minimum Gasteiger partial charge on any atom is -0.507 e. The summed E-state index contributed by atoms with van der Waals surface area (Å²) < 4.78 is 0.